The van der Waals surface area contributed by atoms with Crippen molar-refractivity contribution in [1.29, 1.82) is 0 Å². The number of nitrogens with one attached hydrogen (secondary N) is 1. The van der Waals surface area contributed by atoms with E-state index >= 15 is 0 Å². The zero-order chi connectivity index (χ0) is 13.7. The molecule has 1 aromatic heterocycles. The molecule has 0 fully saturated rings. The van der Waals surface area contributed by atoms with Gasteiger partial charge in [-0.25, -0.2) is 9.82 Å². The van der Waals surface area contributed by atoms with Crippen molar-refractivity contribution in [3.05, 3.63) is 65.7 Å². The molecule has 19 heavy (non-hydrogen) atoms. The summed E-state index contributed by atoms with van der Waals surface area (Å²) < 4.78 is 13.0. The Morgan fingerprint density at radius 2 is 1.95 bits per heavy atom. The van der Waals surface area contributed by atoms with Gasteiger partial charge in [-0.05, 0) is 37.3 Å². The second-order valence-electron chi connectivity index (χ2n) is 3.88. The highest BCUT2D eigenvalue weighted by atomic mass is 19.1. The molecule has 1 N–H and O–H groups in total. The first-order chi connectivity index (χ1) is 9.16. The quantitative estimate of drug-likeness (QED) is 0.678. The predicted octanol–water partition coefficient (Wildman–Crippen LogP) is 2.37. The molecule has 0 unspecified atom stereocenters. The first kappa shape index (κ1) is 12.9. The SMILES string of the molecule is C/C(=N\NC(=O)c1cccc(F)c1)c1ccncc1. The number of benzene rings is 1. The number of carbonyl (C=O) groups is 1. The fourth-order valence-electron chi connectivity index (χ4n) is 1.49. The number of hydrogen-bond acceptors (Lipinski definition) is 3. The molecule has 0 saturated heterocycles. The van der Waals surface area contributed by atoms with Crippen LogP contribution in [0.15, 0.2) is 53.9 Å². The summed E-state index contributed by atoms with van der Waals surface area (Å²) in [6.07, 6.45) is 3.28. The molecular weight excluding hydrogens is 245 g/mol. The van der Waals surface area contributed by atoms with Gasteiger partial charge in [0, 0.05) is 23.5 Å². The minimum atomic E-state index is -0.456. The van der Waals surface area contributed by atoms with E-state index in [1.807, 2.05) is 0 Å². The van der Waals surface area contributed by atoms with E-state index < -0.39 is 11.7 Å². The molecule has 2 rings (SSSR count). The van der Waals surface area contributed by atoms with Crippen LogP contribution in [0.3, 0.4) is 0 Å². The van der Waals surface area contributed by atoms with Crippen LogP contribution in [-0.4, -0.2) is 16.6 Å². The Hall–Kier alpha value is -2.56. The number of pyridine rings is 1. The van der Waals surface area contributed by atoms with Crippen molar-refractivity contribution in [2.24, 2.45) is 5.10 Å². The first-order valence-electron chi connectivity index (χ1n) is 5.67. The molecule has 0 bridgehead atoms. The van der Waals surface area contributed by atoms with Crippen molar-refractivity contribution in [2.45, 2.75) is 6.92 Å². The summed E-state index contributed by atoms with van der Waals surface area (Å²) in [7, 11) is 0. The summed E-state index contributed by atoms with van der Waals surface area (Å²) in [6.45, 7) is 1.77. The standard InChI is InChI=1S/C14H12FN3O/c1-10(11-5-7-16-8-6-11)17-18-14(19)12-3-2-4-13(15)9-12/h2-9H,1H3,(H,18,19)/b17-10+. The molecule has 2 aromatic rings. The molecule has 1 heterocycles. The van der Waals surface area contributed by atoms with E-state index in [0.717, 1.165) is 11.6 Å². The average molecular weight is 257 g/mol. The van der Waals surface area contributed by atoms with E-state index in [9.17, 15) is 9.18 Å². The van der Waals surface area contributed by atoms with E-state index in [2.05, 4.69) is 15.5 Å². The van der Waals surface area contributed by atoms with Crippen LogP contribution < -0.4 is 5.43 Å². The van der Waals surface area contributed by atoms with Crippen molar-refractivity contribution >= 4 is 11.6 Å². The summed E-state index contributed by atoms with van der Waals surface area (Å²) in [5, 5.41) is 3.97. The van der Waals surface area contributed by atoms with Crippen molar-refractivity contribution in [3.8, 4) is 0 Å². The number of hydrogen-bond donors (Lipinski definition) is 1. The Balaban J connectivity index is 2.08. The van der Waals surface area contributed by atoms with Gasteiger partial charge in [-0.2, -0.15) is 5.10 Å². The lowest BCUT2D eigenvalue weighted by Crippen LogP contribution is -2.19. The molecule has 1 aromatic carbocycles. The van der Waals surface area contributed by atoms with Gasteiger partial charge >= 0.3 is 0 Å². The summed E-state index contributed by atoms with van der Waals surface area (Å²) in [6, 6.07) is 9.01. The number of nitrogens with zero attached hydrogens (tertiary/aromatic N) is 2. The predicted molar refractivity (Wildman–Crippen MR) is 70.3 cm³/mol. The second kappa shape index (κ2) is 5.86. The fraction of sp³-hybridized carbons (Fsp3) is 0.0714. The van der Waals surface area contributed by atoms with E-state index in [1.165, 1.54) is 18.2 Å². The van der Waals surface area contributed by atoms with E-state index in [1.54, 1.807) is 31.5 Å². The van der Waals surface area contributed by atoms with E-state index in [0.29, 0.717) is 5.71 Å². The minimum Gasteiger partial charge on any atom is -0.267 e. The van der Waals surface area contributed by atoms with Crippen LogP contribution in [-0.2, 0) is 0 Å². The average Bonchev–Trinajstić information content (AvgIpc) is 2.45. The summed E-state index contributed by atoms with van der Waals surface area (Å²) in [4.78, 5) is 15.6. The maximum Gasteiger partial charge on any atom is 0.271 e. The van der Waals surface area contributed by atoms with Crippen molar-refractivity contribution in [1.82, 2.24) is 10.4 Å². The topological polar surface area (TPSA) is 54.4 Å². The van der Waals surface area contributed by atoms with Crippen LogP contribution in [0.2, 0.25) is 0 Å². The molecule has 0 aliphatic carbocycles. The second-order valence-corrected chi connectivity index (χ2v) is 3.88. The number of aromatic nitrogens is 1. The maximum absolute atomic E-state index is 13.0. The fourth-order valence-corrected chi connectivity index (χ4v) is 1.49. The zero-order valence-corrected chi connectivity index (χ0v) is 10.3. The van der Waals surface area contributed by atoms with Crippen LogP contribution in [0, 0.1) is 5.82 Å². The lowest BCUT2D eigenvalue weighted by Gasteiger charge is -2.02. The Kier molecular flexibility index (Phi) is 3.97. The molecule has 0 aliphatic heterocycles. The van der Waals surface area contributed by atoms with E-state index in [-0.39, 0.29) is 5.56 Å². The van der Waals surface area contributed by atoms with Gasteiger partial charge in [0.05, 0.1) is 5.71 Å². The molecule has 0 aliphatic rings. The van der Waals surface area contributed by atoms with Gasteiger partial charge in [-0.1, -0.05) is 6.07 Å². The van der Waals surface area contributed by atoms with Gasteiger partial charge in [0.25, 0.3) is 5.91 Å². The summed E-state index contributed by atoms with van der Waals surface area (Å²) in [5.41, 5.74) is 4.12. The largest absolute Gasteiger partial charge is 0.271 e. The van der Waals surface area contributed by atoms with Gasteiger partial charge in [0.1, 0.15) is 5.82 Å². The van der Waals surface area contributed by atoms with Crippen LogP contribution >= 0.6 is 0 Å². The van der Waals surface area contributed by atoms with Crippen LogP contribution in [0.5, 0.6) is 0 Å². The highest BCUT2D eigenvalue weighted by molar-refractivity contribution is 6.00. The van der Waals surface area contributed by atoms with Gasteiger partial charge in [0.15, 0.2) is 0 Å². The zero-order valence-electron chi connectivity index (χ0n) is 10.3. The normalized spacial score (nSPS) is 11.2. The highest BCUT2D eigenvalue weighted by Gasteiger charge is 2.05. The number of hydrazone groups is 1. The van der Waals surface area contributed by atoms with Crippen molar-refractivity contribution < 1.29 is 9.18 Å². The van der Waals surface area contributed by atoms with Gasteiger partial charge in [-0.15, -0.1) is 0 Å². The van der Waals surface area contributed by atoms with Gasteiger partial charge in [0.2, 0.25) is 0 Å². The van der Waals surface area contributed by atoms with Crippen molar-refractivity contribution in [3.63, 3.8) is 0 Å². The van der Waals surface area contributed by atoms with Crippen molar-refractivity contribution in [2.75, 3.05) is 0 Å². The number of carbonyl (C=O) groups excluding carboxylic acids is 1. The molecule has 4 nitrogen and oxygen atoms in total. The third-order valence-electron chi connectivity index (χ3n) is 2.51. The molecule has 0 spiro atoms. The molecule has 0 radical (unpaired) electrons. The van der Waals surface area contributed by atoms with Gasteiger partial charge in [-0.3, -0.25) is 9.78 Å². The smallest absolute Gasteiger partial charge is 0.267 e. The Labute approximate surface area is 110 Å². The highest BCUT2D eigenvalue weighted by Crippen LogP contribution is 2.03. The maximum atomic E-state index is 13.0. The van der Waals surface area contributed by atoms with E-state index in [4.69, 9.17) is 0 Å². The number of halogens is 1. The van der Waals surface area contributed by atoms with Crippen LogP contribution in [0.25, 0.3) is 0 Å². The molecular formula is C14H12FN3O. The molecule has 0 atom stereocenters. The minimum absolute atomic E-state index is 0.228. The summed E-state index contributed by atoms with van der Waals surface area (Å²) >= 11 is 0. The third kappa shape index (κ3) is 3.45. The number of rotatable bonds is 3. The Bertz CT molecular complexity index is 611. The lowest BCUT2D eigenvalue weighted by atomic mass is 10.2. The van der Waals surface area contributed by atoms with Crippen LogP contribution in [0.4, 0.5) is 4.39 Å². The number of amides is 1. The molecule has 5 heteroatoms. The Morgan fingerprint density at radius 1 is 1.21 bits per heavy atom. The lowest BCUT2D eigenvalue weighted by molar-refractivity contribution is 0.0954. The molecule has 96 valence electrons. The van der Waals surface area contributed by atoms with Crippen LogP contribution in [0.1, 0.15) is 22.8 Å². The molecule has 0 saturated carbocycles. The summed E-state index contributed by atoms with van der Waals surface area (Å²) in [5.74, 6) is -0.907. The monoisotopic (exact) mass is 257 g/mol. The Morgan fingerprint density at radius 3 is 2.63 bits per heavy atom. The first-order valence-corrected chi connectivity index (χ1v) is 5.67. The van der Waals surface area contributed by atoms with Gasteiger partial charge < -0.3 is 0 Å². The third-order valence-corrected chi connectivity index (χ3v) is 2.51. The molecule has 1 amide bonds.